The van der Waals surface area contributed by atoms with Crippen molar-refractivity contribution in [3.05, 3.63) is 46.0 Å². The van der Waals surface area contributed by atoms with E-state index in [4.69, 9.17) is 15.0 Å². The molecule has 1 rings (SSSR count). The fourth-order valence-electron chi connectivity index (χ4n) is 0.974. The van der Waals surface area contributed by atoms with Gasteiger partial charge in [0.2, 0.25) is 0 Å². The van der Waals surface area contributed by atoms with Crippen molar-refractivity contribution < 1.29 is 19.9 Å². The summed E-state index contributed by atoms with van der Waals surface area (Å²) in [6.07, 6.45) is 1.67. The van der Waals surface area contributed by atoms with Crippen LogP contribution in [0.25, 0.3) is 6.08 Å². The first kappa shape index (κ1) is 13.6. The largest absolute Gasteiger partial charge is 0.503 e. The van der Waals surface area contributed by atoms with Gasteiger partial charge in [-0.3, -0.25) is 10.1 Å². The van der Waals surface area contributed by atoms with E-state index in [1.165, 1.54) is 6.07 Å². The summed E-state index contributed by atoms with van der Waals surface area (Å²) in [5.41, 5.74) is 0.792. The second-order valence-corrected chi connectivity index (χ2v) is 2.60. The molecule has 0 amide bonds. The maximum Gasteiger partial charge on any atom is 0.503 e. The molecule has 6 nitrogen and oxygen atoms in total. The van der Waals surface area contributed by atoms with E-state index in [9.17, 15) is 10.1 Å². The molecule has 86 valence electrons. The molecular weight excluding hydrogens is 214 g/mol. The van der Waals surface area contributed by atoms with E-state index in [0.29, 0.717) is 5.56 Å². The third-order valence-corrected chi connectivity index (χ3v) is 1.48. The quantitative estimate of drug-likeness (QED) is 0.595. The van der Waals surface area contributed by atoms with Crippen molar-refractivity contribution in [1.82, 2.24) is 0 Å². The Bertz CT molecular complexity index is 396. The minimum atomic E-state index is -1.83. The number of hydrogen-bond acceptors (Lipinski definition) is 3. The summed E-state index contributed by atoms with van der Waals surface area (Å²) in [6, 6.07) is 6.65. The standard InChI is InChI=1S/C9H9NO2.CH2O3/c1-2-5-8-6-3-4-7-9(8)10(11)12;2-1(3)4/h2-7H,1H3;(H2,2,3,4). The smallest absolute Gasteiger partial charge is 0.450 e. The summed E-state index contributed by atoms with van der Waals surface area (Å²) < 4.78 is 0. The summed E-state index contributed by atoms with van der Waals surface area (Å²) in [6.45, 7) is 1.83. The molecule has 16 heavy (non-hydrogen) atoms. The van der Waals surface area contributed by atoms with E-state index < -0.39 is 6.16 Å². The Hall–Kier alpha value is -2.37. The van der Waals surface area contributed by atoms with Gasteiger partial charge in [-0.1, -0.05) is 24.3 Å². The zero-order valence-electron chi connectivity index (χ0n) is 8.53. The molecule has 0 spiro atoms. The van der Waals surface area contributed by atoms with Crippen LogP contribution in [0.2, 0.25) is 0 Å². The predicted molar refractivity (Wildman–Crippen MR) is 58.5 cm³/mol. The maximum absolute atomic E-state index is 10.5. The molecule has 0 radical (unpaired) electrons. The Labute approximate surface area is 91.6 Å². The van der Waals surface area contributed by atoms with E-state index in [2.05, 4.69) is 0 Å². The first-order valence-electron chi connectivity index (χ1n) is 4.27. The molecule has 0 fully saturated rings. The molecule has 0 aliphatic heterocycles. The number of carboxylic acid groups (broad SMARTS) is 2. The van der Waals surface area contributed by atoms with Crippen LogP contribution in [-0.4, -0.2) is 21.3 Å². The molecule has 0 saturated carbocycles. The average molecular weight is 225 g/mol. The second kappa shape index (κ2) is 6.99. The molecule has 0 aromatic heterocycles. The third kappa shape index (κ3) is 5.38. The highest BCUT2D eigenvalue weighted by atomic mass is 16.6. The minimum Gasteiger partial charge on any atom is -0.450 e. The normalized spacial score (nSPS) is 9.31. The van der Waals surface area contributed by atoms with Gasteiger partial charge in [-0.15, -0.1) is 0 Å². The Morgan fingerprint density at radius 1 is 1.38 bits per heavy atom. The fourth-order valence-corrected chi connectivity index (χ4v) is 0.974. The van der Waals surface area contributed by atoms with Gasteiger partial charge in [-0.05, 0) is 13.0 Å². The van der Waals surface area contributed by atoms with Crippen LogP contribution in [0.5, 0.6) is 0 Å². The number of allylic oxidation sites excluding steroid dienone is 1. The van der Waals surface area contributed by atoms with Crippen molar-refractivity contribution in [3.63, 3.8) is 0 Å². The second-order valence-electron chi connectivity index (χ2n) is 2.60. The van der Waals surface area contributed by atoms with Crippen molar-refractivity contribution >= 4 is 17.9 Å². The van der Waals surface area contributed by atoms with Gasteiger partial charge in [0.15, 0.2) is 0 Å². The molecular formula is C10H11NO5. The number of nitro groups is 1. The lowest BCUT2D eigenvalue weighted by atomic mass is 10.2. The molecule has 0 aliphatic rings. The van der Waals surface area contributed by atoms with Crippen molar-refractivity contribution in [2.45, 2.75) is 6.92 Å². The zero-order valence-corrected chi connectivity index (χ0v) is 8.53. The number of nitrogens with zero attached hydrogens (tertiary/aromatic N) is 1. The summed E-state index contributed by atoms with van der Waals surface area (Å²) in [5.74, 6) is 0. The van der Waals surface area contributed by atoms with Crippen molar-refractivity contribution in [1.29, 1.82) is 0 Å². The first-order chi connectivity index (χ1) is 7.49. The average Bonchev–Trinajstić information content (AvgIpc) is 2.18. The molecule has 1 aromatic rings. The SMILES string of the molecule is CC=Cc1ccccc1[N+](=O)[O-].O=C(O)O. The Morgan fingerprint density at radius 3 is 2.31 bits per heavy atom. The Balaban J connectivity index is 0.000000487. The van der Waals surface area contributed by atoms with Crippen molar-refractivity contribution in [3.8, 4) is 0 Å². The van der Waals surface area contributed by atoms with E-state index in [1.807, 2.05) is 6.92 Å². The molecule has 0 bridgehead atoms. The van der Waals surface area contributed by atoms with Crippen LogP contribution >= 0.6 is 0 Å². The minimum absolute atomic E-state index is 0.149. The predicted octanol–water partition coefficient (Wildman–Crippen LogP) is 2.85. The summed E-state index contributed by atoms with van der Waals surface area (Å²) in [4.78, 5) is 18.6. The molecule has 0 saturated heterocycles. The van der Waals surface area contributed by atoms with Gasteiger partial charge in [0, 0.05) is 6.07 Å². The van der Waals surface area contributed by atoms with Crippen molar-refractivity contribution in [2.75, 3.05) is 0 Å². The lowest BCUT2D eigenvalue weighted by Crippen LogP contribution is -1.89. The lowest BCUT2D eigenvalue weighted by Gasteiger charge is -1.94. The van der Waals surface area contributed by atoms with Crippen molar-refractivity contribution in [2.24, 2.45) is 0 Å². The first-order valence-corrected chi connectivity index (χ1v) is 4.27. The lowest BCUT2D eigenvalue weighted by molar-refractivity contribution is -0.385. The Kier molecular flexibility index (Phi) is 5.96. The van der Waals surface area contributed by atoms with E-state index in [1.54, 1.807) is 30.4 Å². The van der Waals surface area contributed by atoms with E-state index in [0.717, 1.165) is 0 Å². The highest BCUT2D eigenvalue weighted by Gasteiger charge is 2.08. The highest BCUT2D eigenvalue weighted by Crippen LogP contribution is 2.18. The van der Waals surface area contributed by atoms with E-state index in [-0.39, 0.29) is 10.6 Å². The molecule has 2 N–H and O–H groups in total. The number of carbonyl (C=O) groups is 1. The van der Waals surface area contributed by atoms with Gasteiger partial charge in [-0.2, -0.15) is 0 Å². The monoisotopic (exact) mass is 225 g/mol. The third-order valence-electron chi connectivity index (χ3n) is 1.48. The molecule has 0 atom stereocenters. The maximum atomic E-state index is 10.5. The van der Waals surface area contributed by atoms with Crippen LogP contribution in [0.3, 0.4) is 0 Å². The number of benzene rings is 1. The number of para-hydroxylation sites is 1. The van der Waals surface area contributed by atoms with Gasteiger partial charge in [-0.25, -0.2) is 4.79 Å². The zero-order chi connectivity index (χ0) is 12.6. The number of hydrogen-bond donors (Lipinski definition) is 2. The topological polar surface area (TPSA) is 101 Å². The molecule has 0 aliphatic carbocycles. The highest BCUT2D eigenvalue weighted by molar-refractivity contribution is 5.60. The molecule has 1 aromatic carbocycles. The van der Waals surface area contributed by atoms with Crippen LogP contribution in [0, 0.1) is 10.1 Å². The molecule has 0 unspecified atom stereocenters. The number of nitro benzene ring substituents is 1. The van der Waals surface area contributed by atoms with Crippen LogP contribution in [0.15, 0.2) is 30.3 Å². The van der Waals surface area contributed by atoms with Crippen LogP contribution < -0.4 is 0 Å². The van der Waals surface area contributed by atoms with E-state index >= 15 is 0 Å². The van der Waals surface area contributed by atoms with Crippen LogP contribution in [-0.2, 0) is 0 Å². The van der Waals surface area contributed by atoms with Gasteiger partial charge in [0.25, 0.3) is 5.69 Å². The summed E-state index contributed by atoms with van der Waals surface area (Å²) in [7, 11) is 0. The van der Waals surface area contributed by atoms with Gasteiger partial charge in [0.1, 0.15) is 0 Å². The molecule has 0 heterocycles. The number of rotatable bonds is 2. The van der Waals surface area contributed by atoms with Gasteiger partial charge < -0.3 is 10.2 Å². The Morgan fingerprint density at radius 2 is 1.88 bits per heavy atom. The molecule has 6 heteroatoms. The van der Waals surface area contributed by atoms with Gasteiger partial charge in [0.05, 0.1) is 10.5 Å². The summed E-state index contributed by atoms with van der Waals surface area (Å²) >= 11 is 0. The summed E-state index contributed by atoms with van der Waals surface area (Å²) in [5, 5.41) is 24.4. The van der Waals surface area contributed by atoms with Gasteiger partial charge >= 0.3 is 6.16 Å². The van der Waals surface area contributed by atoms with Crippen LogP contribution in [0.1, 0.15) is 12.5 Å². The fraction of sp³-hybridized carbons (Fsp3) is 0.100. The van der Waals surface area contributed by atoms with Crippen LogP contribution in [0.4, 0.5) is 10.5 Å².